The highest BCUT2D eigenvalue weighted by Crippen LogP contribution is 2.44. The number of allylic oxidation sites excluding steroid dienone is 1. The molecule has 3 rings (SSSR count). The summed E-state index contributed by atoms with van der Waals surface area (Å²) in [5, 5.41) is 12.9. The summed E-state index contributed by atoms with van der Waals surface area (Å²) in [5.74, 6) is 0. The molecule has 1 fully saturated rings. The first-order valence-electron chi connectivity index (χ1n) is 3.52. The highest BCUT2D eigenvalue weighted by molar-refractivity contribution is 8.15. The first kappa shape index (κ1) is 7.50. The van der Waals surface area contributed by atoms with Crippen molar-refractivity contribution in [2.45, 2.75) is 23.0 Å². The molecule has 4 heteroatoms. The van der Waals surface area contributed by atoms with Crippen molar-refractivity contribution < 1.29 is 5.21 Å². The third-order valence-corrected chi connectivity index (χ3v) is 4.05. The van der Waals surface area contributed by atoms with E-state index in [1.807, 2.05) is 6.08 Å². The van der Waals surface area contributed by atoms with Gasteiger partial charge in [0.2, 0.25) is 0 Å². The number of halogens is 1. The number of thioether (sulfide) groups is 1. The Kier molecular flexibility index (Phi) is 1.65. The molecule has 60 valence electrons. The lowest BCUT2D eigenvalue weighted by Gasteiger charge is -2.36. The second-order valence-electron chi connectivity index (χ2n) is 2.82. The van der Waals surface area contributed by atoms with Crippen LogP contribution in [0.5, 0.6) is 0 Å². The van der Waals surface area contributed by atoms with Gasteiger partial charge in [0, 0.05) is 5.25 Å². The van der Waals surface area contributed by atoms with E-state index in [1.54, 1.807) is 11.8 Å². The number of hydrogen-bond donors (Lipinski definition) is 1. The fourth-order valence-corrected chi connectivity index (χ4v) is 2.86. The van der Waals surface area contributed by atoms with Gasteiger partial charge in [-0.2, -0.15) is 0 Å². The largest absolute Gasteiger partial charge is 0.410 e. The van der Waals surface area contributed by atoms with Crippen LogP contribution in [0.2, 0.25) is 0 Å². The Hall–Kier alpha value is -0.150. The Morgan fingerprint density at radius 2 is 2.64 bits per heavy atom. The van der Waals surface area contributed by atoms with E-state index in [4.69, 9.17) is 16.8 Å². The van der Waals surface area contributed by atoms with Gasteiger partial charge in [-0.25, -0.2) is 0 Å². The summed E-state index contributed by atoms with van der Waals surface area (Å²) >= 11 is 7.73. The van der Waals surface area contributed by atoms with E-state index >= 15 is 0 Å². The van der Waals surface area contributed by atoms with E-state index < -0.39 is 4.87 Å². The molecular weight excluding hydrogens is 182 g/mol. The molecule has 0 aromatic rings. The lowest BCUT2D eigenvalue weighted by atomic mass is 9.95. The van der Waals surface area contributed by atoms with E-state index in [1.165, 1.54) is 0 Å². The third kappa shape index (κ3) is 1.07. The lowest BCUT2D eigenvalue weighted by molar-refractivity contribution is 0.318. The van der Waals surface area contributed by atoms with Crippen LogP contribution in [0.1, 0.15) is 12.8 Å². The standard InChI is InChI=1S/C7H8ClNOS/c8-7-3-1-5(2-4-7)11-6(7)9-10/h1,3,5,10H,2,4H2. The zero-order valence-corrected chi connectivity index (χ0v) is 7.40. The zero-order chi connectivity index (χ0) is 7.90. The quantitative estimate of drug-likeness (QED) is 0.274. The van der Waals surface area contributed by atoms with Crippen LogP contribution in [0, 0.1) is 0 Å². The summed E-state index contributed by atoms with van der Waals surface area (Å²) in [6, 6.07) is 0. The van der Waals surface area contributed by atoms with Gasteiger partial charge < -0.3 is 5.21 Å². The third-order valence-electron chi connectivity index (χ3n) is 2.08. The normalized spacial score (nSPS) is 45.2. The minimum atomic E-state index is -0.492. The second-order valence-corrected chi connectivity index (χ2v) is 4.72. The molecule has 2 atom stereocenters. The van der Waals surface area contributed by atoms with Crippen molar-refractivity contribution in [1.82, 2.24) is 0 Å². The number of alkyl halides is 1. The lowest BCUT2D eigenvalue weighted by Crippen LogP contribution is -2.38. The Morgan fingerprint density at radius 1 is 1.82 bits per heavy atom. The molecule has 1 saturated heterocycles. The molecule has 2 unspecified atom stereocenters. The van der Waals surface area contributed by atoms with Crippen molar-refractivity contribution in [3.63, 3.8) is 0 Å². The minimum Gasteiger partial charge on any atom is -0.410 e. The monoisotopic (exact) mass is 189 g/mol. The molecule has 0 aromatic heterocycles. The van der Waals surface area contributed by atoms with E-state index in [9.17, 15) is 0 Å². The Bertz CT molecular complexity index is 241. The van der Waals surface area contributed by atoms with Gasteiger partial charge in [0.1, 0.15) is 9.92 Å². The zero-order valence-electron chi connectivity index (χ0n) is 5.83. The molecule has 2 nitrogen and oxygen atoms in total. The molecule has 2 heterocycles. The summed E-state index contributed by atoms with van der Waals surface area (Å²) in [6.45, 7) is 0. The van der Waals surface area contributed by atoms with E-state index in [0.717, 1.165) is 12.8 Å². The summed E-state index contributed by atoms with van der Waals surface area (Å²) < 4.78 is 0. The van der Waals surface area contributed by atoms with Crippen LogP contribution in [0.3, 0.4) is 0 Å². The fraction of sp³-hybridized carbons (Fsp3) is 0.571. The van der Waals surface area contributed by atoms with Crippen molar-refractivity contribution in [1.29, 1.82) is 0 Å². The molecule has 1 aliphatic carbocycles. The maximum atomic E-state index is 8.63. The summed E-state index contributed by atoms with van der Waals surface area (Å²) in [7, 11) is 0. The first-order chi connectivity index (χ1) is 5.24. The van der Waals surface area contributed by atoms with Crippen LogP contribution in [0.15, 0.2) is 17.3 Å². The van der Waals surface area contributed by atoms with Gasteiger partial charge in [0.05, 0.1) is 0 Å². The van der Waals surface area contributed by atoms with Crippen molar-refractivity contribution in [3.8, 4) is 0 Å². The highest BCUT2D eigenvalue weighted by Gasteiger charge is 2.41. The fourth-order valence-electron chi connectivity index (χ4n) is 1.42. The number of rotatable bonds is 0. The molecule has 1 N–H and O–H groups in total. The maximum Gasteiger partial charge on any atom is 0.138 e. The second kappa shape index (κ2) is 2.42. The van der Waals surface area contributed by atoms with Gasteiger partial charge in [-0.1, -0.05) is 29.1 Å². The summed E-state index contributed by atoms with van der Waals surface area (Å²) in [6.07, 6.45) is 6.01. The molecule has 11 heavy (non-hydrogen) atoms. The molecule has 0 amide bonds. The molecule has 0 saturated carbocycles. The van der Waals surface area contributed by atoms with Gasteiger partial charge in [0.15, 0.2) is 0 Å². The molecule has 0 aromatic carbocycles. The predicted molar refractivity (Wildman–Crippen MR) is 47.6 cm³/mol. The van der Waals surface area contributed by atoms with Crippen LogP contribution in [0.4, 0.5) is 0 Å². The van der Waals surface area contributed by atoms with Crippen LogP contribution in [-0.4, -0.2) is 20.4 Å². The van der Waals surface area contributed by atoms with E-state index in [2.05, 4.69) is 11.2 Å². The van der Waals surface area contributed by atoms with Gasteiger partial charge in [-0.05, 0) is 12.8 Å². The average molecular weight is 190 g/mol. The van der Waals surface area contributed by atoms with Crippen LogP contribution >= 0.6 is 23.4 Å². The van der Waals surface area contributed by atoms with Crippen molar-refractivity contribution >= 4 is 28.4 Å². The average Bonchev–Trinajstić information content (AvgIpc) is 2.05. The Balaban J connectivity index is 2.39. The molecule has 2 aliphatic heterocycles. The van der Waals surface area contributed by atoms with Gasteiger partial charge in [-0.3, -0.25) is 0 Å². The van der Waals surface area contributed by atoms with Crippen molar-refractivity contribution in [3.05, 3.63) is 12.2 Å². The highest BCUT2D eigenvalue weighted by atomic mass is 35.5. The smallest absolute Gasteiger partial charge is 0.138 e. The van der Waals surface area contributed by atoms with E-state index in [0.29, 0.717) is 10.3 Å². The molecule has 3 aliphatic rings. The van der Waals surface area contributed by atoms with Gasteiger partial charge >= 0.3 is 0 Å². The van der Waals surface area contributed by atoms with Crippen molar-refractivity contribution in [2.24, 2.45) is 5.16 Å². The first-order valence-corrected chi connectivity index (χ1v) is 4.78. The number of fused-ring (bicyclic) bond motifs is 2. The predicted octanol–water partition coefficient (Wildman–Crippen LogP) is 2.22. The SMILES string of the molecule is ON=C1SC2C=CC1(Cl)CC2. The van der Waals surface area contributed by atoms with Crippen LogP contribution in [-0.2, 0) is 0 Å². The minimum absolute atomic E-state index is 0.474. The summed E-state index contributed by atoms with van der Waals surface area (Å²) in [5.41, 5.74) is 0. The maximum absolute atomic E-state index is 8.63. The molecule has 0 radical (unpaired) electrons. The Morgan fingerprint density at radius 3 is 3.00 bits per heavy atom. The molecule has 0 spiro atoms. The van der Waals surface area contributed by atoms with Crippen molar-refractivity contribution in [2.75, 3.05) is 0 Å². The van der Waals surface area contributed by atoms with E-state index in [-0.39, 0.29) is 0 Å². The number of hydrogen-bond acceptors (Lipinski definition) is 3. The van der Waals surface area contributed by atoms with Crippen LogP contribution in [0.25, 0.3) is 0 Å². The van der Waals surface area contributed by atoms with Gasteiger partial charge in [0.25, 0.3) is 0 Å². The van der Waals surface area contributed by atoms with Gasteiger partial charge in [-0.15, -0.1) is 11.6 Å². The topological polar surface area (TPSA) is 32.6 Å². The summed E-state index contributed by atoms with van der Waals surface area (Å²) in [4.78, 5) is -0.492. The molecular formula is C7H8ClNOS. The Labute approximate surface area is 74.3 Å². The van der Waals surface area contributed by atoms with Crippen LogP contribution < -0.4 is 0 Å². The number of oxime groups is 1. The number of nitrogens with zero attached hydrogens (tertiary/aromatic N) is 1. The molecule has 2 bridgehead atoms.